The zero-order valence-electron chi connectivity index (χ0n) is 13.2. The number of carbonyl (C=O) groups is 2. The molecule has 120 valence electrons. The highest BCUT2D eigenvalue weighted by Gasteiger charge is 2.20. The minimum Gasteiger partial charge on any atom is -0.484 e. The highest BCUT2D eigenvalue weighted by atomic mass is 16.5. The van der Waals surface area contributed by atoms with Crippen LogP contribution in [0.15, 0.2) is 24.3 Å². The number of hydrogen-bond acceptors (Lipinski definition) is 4. The lowest BCUT2D eigenvalue weighted by molar-refractivity contribution is -0.135. The van der Waals surface area contributed by atoms with Gasteiger partial charge in [-0.1, -0.05) is 6.92 Å². The fraction of sp³-hybridized carbons (Fsp3) is 0.500. The number of ether oxygens (including phenoxy) is 1. The number of nitrogens with one attached hydrogen (secondary N) is 1. The summed E-state index contributed by atoms with van der Waals surface area (Å²) in [5.41, 5.74) is 0.710. The Bertz CT molecular complexity index is 508. The van der Waals surface area contributed by atoms with E-state index in [1.165, 1.54) is 6.92 Å². The van der Waals surface area contributed by atoms with E-state index < -0.39 is 0 Å². The predicted octanol–water partition coefficient (Wildman–Crippen LogP) is 1.19. The number of anilines is 1. The number of benzene rings is 1. The van der Waals surface area contributed by atoms with Gasteiger partial charge >= 0.3 is 0 Å². The van der Waals surface area contributed by atoms with Gasteiger partial charge in [0.2, 0.25) is 5.91 Å². The molecule has 2 amide bonds. The van der Waals surface area contributed by atoms with E-state index in [0.29, 0.717) is 11.4 Å². The van der Waals surface area contributed by atoms with Crippen molar-refractivity contribution in [1.29, 1.82) is 0 Å². The molecule has 1 aliphatic rings. The van der Waals surface area contributed by atoms with E-state index in [0.717, 1.165) is 32.7 Å². The van der Waals surface area contributed by atoms with Gasteiger partial charge in [-0.05, 0) is 30.8 Å². The van der Waals surface area contributed by atoms with Crippen LogP contribution in [-0.4, -0.2) is 60.9 Å². The Morgan fingerprint density at radius 1 is 1.14 bits per heavy atom. The zero-order chi connectivity index (χ0) is 15.9. The Morgan fingerprint density at radius 3 is 2.32 bits per heavy atom. The molecule has 1 N–H and O–H groups in total. The first-order chi connectivity index (χ1) is 10.6. The Balaban J connectivity index is 1.77. The third-order valence-corrected chi connectivity index (χ3v) is 3.71. The molecule has 6 heteroatoms. The summed E-state index contributed by atoms with van der Waals surface area (Å²) in [7, 11) is 0. The molecule has 0 atom stereocenters. The Hall–Kier alpha value is -2.08. The van der Waals surface area contributed by atoms with Crippen LogP contribution in [0.25, 0.3) is 0 Å². The van der Waals surface area contributed by atoms with Crippen LogP contribution in [0.5, 0.6) is 5.75 Å². The monoisotopic (exact) mass is 305 g/mol. The van der Waals surface area contributed by atoms with E-state index in [2.05, 4.69) is 17.1 Å². The maximum Gasteiger partial charge on any atom is 0.260 e. The summed E-state index contributed by atoms with van der Waals surface area (Å²) >= 11 is 0. The molecule has 1 fully saturated rings. The van der Waals surface area contributed by atoms with Gasteiger partial charge in [-0.3, -0.25) is 9.59 Å². The summed E-state index contributed by atoms with van der Waals surface area (Å²) in [5.74, 6) is 0.520. The molecule has 0 unspecified atom stereocenters. The summed E-state index contributed by atoms with van der Waals surface area (Å²) in [5, 5.41) is 2.68. The minimum atomic E-state index is -0.116. The predicted molar refractivity (Wildman–Crippen MR) is 84.9 cm³/mol. The molecule has 0 saturated carbocycles. The van der Waals surface area contributed by atoms with Gasteiger partial charge in [0.05, 0.1) is 0 Å². The summed E-state index contributed by atoms with van der Waals surface area (Å²) in [6.07, 6.45) is 0. The summed E-state index contributed by atoms with van der Waals surface area (Å²) in [4.78, 5) is 27.2. The van der Waals surface area contributed by atoms with Crippen molar-refractivity contribution in [2.75, 3.05) is 44.6 Å². The number of piperazine rings is 1. The molecular formula is C16H23N3O3. The number of carbonyl (C=O) groups excluding carboxylic acids is 2. The van der Waals surface area contributed by atoms with Gasteiger partial charge in [0.1, 0.15) is 5.75 Å². The van der Waals surface area contributed by atoms with Crippen LogP contribution in [-0.2, 0) is 9.59 Å². The maximum atomic E-state index is 12.1. The highest BCUT2D eigenvalue weighted by molar-refractivity contribution is 5.88. The Morgan fingerprint density at radius 2 is 1.77 bits per heavy atom. The third-order valence-electron chi connectivity index (χ3n) is 3.71. The van der Waals surface area contributed by atoms with Gasteiger partial charge in [0.15, 0.2) is 6.61 Å². The molecule has 1 heterocycles. The molecule has 1 aliphatic heterocycles. The number of rotatable bonds is 5. The molecule has 0 bridgehead atoms. The summed E-state index contributed by atoms with van der Waals surface area (Å²) in [6, 6.07) is 6.99. The number of likely N-dealkylation sites (N-methyl/N-ethyl adjacent to an activating group) is 1. The van der Waals surface area contributed by atoms with Crippen molar-refractivity contribution >= 4 is 17.5 Å². The lowest BCUT2D eigenvalue weighted by atomic mass is 10.3. The molecule has 0 aromatic heterocycles. The van der Waals surface area contributed by atoms with E-state index in [4.69, 9.17) is 4.74 Å². The van der Waals surface area contributed by atoms with Crippen molar-refractivity contribution in [1.82, 2.24) is 9.80 Å². The van der Waals surface area contributed by atoms with Crippen LogP contribution < -0.4 is 10.1 Å². The third kappa shape index (κ3) is 4.73. The van der Waals surface area contributed by atoms with Crippen LogP contribution in [0.4, 0.5) is 5.69 Å². The van der Waals surface area contributed by atoms with Crippen molar-refractivity contribution in [2.45, 2.75) is 13.8 Å². The summed E-state index contributed by atoms with van der Waals surface area (Å²) < 4.78 is 5.52. The van der Waals surface area contributed by atoms with E-state index in [9.17, 15) is 9.59 Å². The van der Waals surface area contributed by atoms with Crippen LogP contribution in [0.2, 0.25) is 0 Å². The Kier molecular flexibility index (Phi) is 5.77. The molecule has 6 nitrogen and oxygen atoms in total. The first-order valence-electron chi connectivity index (χ1n) is 7.59. The molecule has 0 aliphatic carbocycles. The van der Waals surface area contributed by atoms with E-state index in [1.807, 2.05) is 4.90 Å². The van der Waals surface area contributed by atoms with Crippen LogP contribution in [0.3, 0.4) is 0 Å². The number of nitrogens with zero attached hydrogens (tertiary/aromatic N) is 2. The smallest absolute Gasteiger partial charge is 0.260 e. The van der Waals surface area contributed by atoms with Crippen LogP contribution in [0, 0.1) is 0 Å². The van der Waals surface area contributed by atoms with Crippen molar-refractivity contribution in [3.63, 3.8) is 0 Å². The topological polar surface area (TPSA) is 61.9 Å². The van der Waals surface area contributed by atoms with Crippen molar-refractivity contribution < 1.29 is 14.3 Å². The van der Waals surface area contributed by atoms with Crippen molar-refractivity contribution in [3.05, 3.63) is 24.3 Å². The van der Waals surface area contributed by atoms with Gasteiger partial charge in [-0.25, -0.2) is 0 Å². The van der Waals surface area contributed by atoms with E-state index in [-0.39, 0.29) is 18.4 Å². The molecule has 0 spiro atoms. The second kappa shape index (κ2) is 7.79. The highest BCUT2D eigenvalue weighted by Crippen LogP contribution is 2.15. The quantitative estimate of drug-likeness (QED) is 0.887. The lowest BCUT2D eigenvalue weighted by Crippen LogP contribution is -2.49. The summed E-state index contributed by atoms with van der Waals surface area (Å²) in [6.45, 7) is 8.04. The molecule has 0 radical (unpaired) electrons. The van der Waals surface area contributed by atoms with E-state index >= 15 is 0 Å². The first kappa shape index (κ1) is 16.3. The van der Waals surface area contributed by atoms with Gasteiger partial charge in [0.25, 0.3) is 5.91 Å². The molecule has 1 aromatic rings. The van der Waals surface area contributed by atoms with Crippen LogP contribution in [0.1, 0.15) is 13.8 Å². The molecule has 1 aromatic carbocycles. The Labute approximate surface area is 131 Å². The molecular weight excluding hydrogens is 282 g/mol. The van der Waals surface area contributed by atoms with Crippen molar-refractivity contribution in [2.24, 2.45) is 0 Å². The molecule has 22 heavy (non-hydrogen) atoms. The standard InChI is InChI=1S/C16H23N3O3/c1-3-18-8-10-19(11-9-18)16(21)12-22-15-6-4-14(5-7-15)17-13(2)20/h4-7H,3,8-12H2,1-2H3,(H,17,20). The normalized spacial score (nSPS) is 15.5. The fourth-order valence-corrected chi connectivity index (χ4v) is 2.39. The number of hydrogen-bond donors (Lipinski definition) is 1. The molecule has 2 rings (SSSR count). The van der Waals surface area contributed by atoms with Gasteiger partial charge in [0, 0.05) is 38.8 Å². The second-order valence-corrected chi connectivity index (χ2v) is 5.31. The lowest BCUT2D eigenvalue weighted by Gasteiger charge is -2.33. The van der Waals surface area contributed by atoms with Crippen molar-refractivity contribution in [3.8, 4) is 5.75 Å². The largest absolute Gasteiger partial charge is 0.484 e. The van der Waals surface area contributed by atoms with Gasteiger partial charge in [-0.2, -0.15) is 0 Å². The number of amides is 2. The van der Waals surface area contributed by atoms with E-state index in [1.54, 1.807) is 24.3 Å². The SMILES string of the molecule is CCN1CCN(C(=O)COc2ccc(NC(C)=O)cc2)CC1. The maximum absolute atomic E-state index is 12.1. The minimum absolute atomic E-state index is 0.0155. The molecule has 1 saturated heterocycles. The average molecular weight is 305 g/mol. The van der Waals surface area contributed by atoms with Gasteiger partial charge < -0.3 is 19.9 Å². The zero-order valence-corrected chi connectivity index (χ0v) is 13.2. The fourth-order valence-electron chi connectivity index (χ4n) is 2.39. The first-order valence-corrected chi connectivity index (χ1v) is 7.59. The second-order valence-electron chi connectivity index (χ2n) is 5.31. The van der Waals surface area contributed by atoms with Gasteiger partial charge in [-0.15, -0.1) is 0 Å². The average Bonchev–Trinajstić information content (AvgIpc) is 2.53. The van der Waals surface area contributed by atoms with Crippen LogP contribution >= 0.6 is 0 Å².